The molecule has 1 amide bonds. The van der Waals surface area contributed by atoms with Crippen molar-refractivity contribution in [1.29, 1.82) is 0 Å². The predicted molar refractivity (Wildman–Crippen MR) is 75.7 cm³/mol. The summed E-state index contributed by atoms with van der Waals surface area (Å²) in [6.45, 7) is 5.12. The minimum atomic E-state index is 0.164. The lowest BCUT2D eigenvalue weighted by Crippen LogP contribution is -2.30. The maximum atomic E-state index is 12.3. The average Bonchev–Trinajstić information content (AvgIpc) is 2.94. The number of aromatic nitrogens is 1. The Bertz CT molecular complexity index is 450. The summed E-state index contributed by atoms with van der Waals surface area (Å²) in [6.07, 6.45) is 3.11. The number of carbonyl (C=O) groups is 1. The highest BCUT2D eigenvalue weighted by atomic mass is 16.5. The molecule has 1 aromatic heterocycles. The molecule has 0 unspecified atom stereocenters. The highest BCUT2D eigenvalue weighted by molar-refractivity contribution is 5.79. The highest BCUT2D eigenvalue weighted by Crippen LogP contribution is 2.18. The minimum absolute atomic E-state index is 0.164. The molecule has 1 saturated heterocycles. The number of pyridine rings is 1. The molecular formula is C15H22N2O3. The number of hydrogen-bond acceptors (Lipinski definition) is 4. The van der Waals surface area contributed by atoms with Crippen LogP contribution in [0.5, 0.6) is 5.88 Å². The van der Waals surface area contributed by atoms with E-state index in [0.29, 0.717) is 18.2 Å². The summed E-state index contributed by atoms with van der Waals surface area (Å²) in [5, 5.41) is 0. The van der Waals surface area contributed by atoms with Gasteiger partial charge in [0.05, 0.1) is 20.1 Å². The molecule has 1 aliphatic heterocycles. The second-order valence-corrected chi connectivity index (χ2v) is 5.04. The molecule has 0 spiro atoms. The SMILES string of the molecule is CCOC[C@@H]1CCN(C(=O)Cc2ccnc(OC)c2)C1. The molecule has 20 heavy (non-hydrogen) atoms. The fraction of sp³-hybridized carbons (Fsp3) is 0.600. The molecule has 0 N–H and O–H groups in total. The molecule has 1 fully saturated rings. The van der Waals surface area contributed by atoms with Gasteiger partial charge in [-0.3, -0.25) is 4.79 Å². The Hall–Kier alpha value is -1.62. The first-order chi connectivity index (χ1) is 9.72. The minimum Gasteiger partial charge on any atom is -0.481 e. The van der Waals surface area contributed by atoms with Gasteiger partial charge in [0, 0.05) is 37.9 Å². The zero-order valence-electron chi connectivity index (χ0n) is 12.2. The summed E-state index contributed by atoms with van der Waals surface area (Å²) >= 11 is 0. The Morgan fingerprint density at radius 1 is 1.55 bits per heavy atom. The Kier molecular flexibility index (Phi) is 5.35. The van der Waals surface area contributed by atoms with E-state index in [1.54, 1.807) is 13.3 Å². The number of hydrogen-bond donors (Lipinski definition) is 0. The summed E-state index contributed by atoms with van der Waals surface area (Å²) in [7, 11) is 1.58. The van der Waals surface area contributed by atoms with Crippen molar-refractivity contribution < 1.29 is 14.3 Å². The Balaban J connectivity index is 1.86. The van der Waals surface area contributed by atoms with Crippen molar-refractivity contribution in [2.24, 2.45) is 5.92 Å². The maximum Gasteiger partial charge on any atom is 0.227 e. The van der Waals surface area contributed by atoms with Gasteiger partial charge in [-0.15, -0.1) is 0 Å². The van der Waals surface area contributed by atoms with Gasteiger partial charge in [-0.1, -0.05) is 0 Å². The fourth-order valence-electron chi connectivity index (χ4n) is 2.44. The van der Waals surface area contributed by atoms with Crippen LogP contribution in [0.25, 0.3) is 0 Å². The number of likely N-dealkylation sites (tertiary alicyclic amines) is 1. The van der Waals surface area contributed by atoms with E-state index in [-0.39, 0.29) is 5.91 Å². The van der Waals surface area contributed by atoms with Gasteiger partial charge in [-0.25, -0.2) is 4.98 Å². The van der Waals surface area contributed by atoms with Crippen LogP contribution in [0.3, 0.4) is 0 Å². The zero-order valence-corrected chi connectivity index (χ0v) is 12.2. The molecule has 0 bridgehead atoms. The summed E-state index contributed by atoms with van der Waals surface area (Å²) in [4.78, 5) is 18.2. The van der Waals surface area contributed by atoms with Gasteiger partial charge < -0.3 is 14.4 Å². The van der Waals surface area contributed by atoms with Crippen LogP contribution >= 0.6 is 0 Å². The van der Waals surface area contributed by atoms with Gasteiger partial charge in [0.25, 0.3) is 0 Å². The van der Waals surface area contributed by atoms with Crippen molar-refractivity contribution in [2.75, 3.05) is 33.4 Å². The van der Waals surface area contributed by atoms with E-state index in [0.717, 1.165) is 38.3 Å². The van der Waals surface area contributed by atoms with Crippen LogP contribution in [0, 0.1) is 5.92 Å². The molecule has 1 atom stereocenters. The monoisotopic (exact) mass is 278 g/mol. The Morgan fingerprint density at radius 2 is 2.40 bits per heavy atom. The van der Waals surface area contributed by atoms with Crippen LogP contribution in [0.1, 0.15) is 18.9 Å². The van der Waals surface area contributed by atoms with E-state index >= 15 is 0 Å². The third kappa shape index (κ3) is 3.93. The first kappa shape index (κ1) is 14.8. The van der Waals surface area contributed by atoms with Crippen molar-refractivity contribution in [3.63, 3.8) is 0 Å². The van der Waals surface area contributed by atoms with Crippen LogP contribution in [0.4, 0.5) is 0 Å². The molecule has 110 valence electrons. The topological polar surface area (TPSA) is 51.7 Å². The lowest BCUT2D eigenvalue weighted by molar-refractivity contribution is -0.129. The normalized spacial score (nSPS) is 18.3. The number of ether oxygens (including phenoxy) is 2. The van der Waals surface area contributed by atoms with Crippen LogP contribution < -0.4 is 4.74 Å². The average molecular weight is 278 g/mol. The van der Waals surface area contributed by atoms with Gasteiger partial charge in [0.2, 0.25) is 11.8 Å². The Labute approximate surface area is 119 Å². The molecule has 2 rings (SSSR count). The number of nitrogens with zero attached hydrogens (tertiary/aromatic N) is 2. The second-order valence-electron chi connectivity index (χ2n) is 5.04. The first-order valence-electron chi connectivity index (χ1n) is 7.07. The lowest BCUT2D eigenvalue weighted by atomic mass is 10.1. The third-order valence-electron chi connectivity index (χ3n) is 3.56. The maximum absolute atomic E-state index is 12.3. The summed E-state index contributed by atoms with van der Waals surface area (Å²) in [5.74, 6) is 1.19. The standard InChI is InChI=1S/C15H22N2O3/c1-3-20-11-13-5-7-17(10-13)15(18)9-12-4-6-16-14(8-12)19-2/h4,6,8,13H,3,5,7,9-11H2,1-2H3/t13-/m1/s1. The third-order valence-corrected chi connectivity index (χ3v) is 3.56. The Morgan fingerprint density at radius 3 is 3.15 bits per heavy atom. The predicted octanol–water partition coefficient (Wildman–Crippen LogP) is 1.52. The highest BCUT2D eigenvalue weighted by Gasteiger charge is 2.26. The van der Waals surface area contributed by atoms with Crippen molar-refractivity contribution >= 4 is 5.91 Å². The molecule has 0 aromatic carbocycles. The number of methoxy groups -OCH3 is 1. The van der Waals surface area contributed by atoms with Gasteiger partial charge in [-0.05, 0) is 25.0 Å². The number of carbonyl (C=O) groups excluding carboxylic acids is 1. The van der Waals surface area contributed by atoms with Crippen molar-refractivity contribution in [3.05, 3.63) is 23.9 Å². The van der Waals surface area contributed by atoms with E-state index in [9.17, 15) is 4.79 Å². The van der Waals surface area contributed by atoms with Crippen LogP contribution in [-0.2, 0) is 16.0 Å². The first-order valence-corrected chi connectivity index (χ1v) is 7.07. The molecule has 1 aliphatic rings. The van der Waals surface area contributed by atoms with Crippen molar-refractivity contribution in [1.82, 2.24) is 9.88 Å². The van der Waals surface area contributed by atoms with Gasteiger partial charge in [-0.2, -0.15) is 0 Å². The van der Waals surface area contributed by atoms with E-state index in [4.69, 9.17) is 9.47 Å². The summed E-state index contributed by atoms with van der Waals surface area (Å²) < 4.78 is 10.5. The van der Waals surface area contributed by atoms with Crippen LogP contribution in [-0.4, -0.2) is 49.2 Å². The molecule has 2 heterocycles. The smallest absolute Gasteiger partial charge is 0.227 e. The van der Waals surface area contributed by atoms with Crippen LogP contribution in [0.15, 0.2) is 18.3 Å². The molecule has 0 saturated carbocycles. The molecule has 1 aromatic rings. The number of rotatable bonds is 6. The quantitative estimate of drug-likeness (QED) is 0.791. The van der Waals surface area contributed by atoms with E-state index in [2.05, 4.69) is 4.98 Å². The lowest BCUT2D eigenvalue weighted by Gasteiger charge is -2.16. The summed E-state index contributed by atoms with van der Waals surface area (Å²) in [6, 6.07) is 3.67. The van der Waals surface area contributed by atoms with Crippen molar-refractivity contribution in [3.8, 4) is 5.88 Å². The zero-order chi connectivity index (χ0) is 14.4. The van der Waals surface area contributed by atoms with Gasteiger partial charge in [0.1, 0.15) is 0 Å². The molecule has 5 nitrogen and oxygen atoms in total. The van der Waals surface area contributed by atoms with Gasteiger partial charge in [0.15, 0.2) is 0 Å². The molecule has 0 aliphatic carbocycles. The fourth-order valence-corrected chi connectivity index (χ4v) is 2.44. The van der Waals surface area contributed by atoms with Gasteiger partial charge >= 0.3 is 0 Å². The second kappa shape index (κ2) is 7.24. The summed E-state index contributed by atoms with van der Waals surface area (Å²) in [5.41, 5.74) is 0.940. The molecule has 5 heteroatoms. The molecule has 0 radical (unpaired) electrons. The van der Waals surface area contributed by atoms with E-state index in [1.165, 1.54) is 0 Å². The number of amides is 1. The molecular weight excluding hydrogens is 256 g/mol. The van der Waals surface area contributed by atoms with Crippen LogP contribution in [0.2, 0.25) is 0 Å². The van der Waals surface area contributed by atoms with E-state index in [1.807, 2.05) is 24.0 Å². The van der Waals surface area contributed by atoms with Crippen molar-refractivity contribution in [2.45, 2.75) is 19.8 Å². The largest absolute Gasteiger partial charge is 0.481 e. The van der Waals surface area contributed by atoms with E-state index < -0.39 is 0 Å².